The molecule has 21 heavy (non-hydrogen) atoms. The van der Waals surface area contributed by atoms with Gasteiger partial charge in [-0.05, 0) is 37.1 Å². The van der Waals surface area contributed by atoms with E-state index in [-0.39, 0.29) is 11.4 Å². The fourth-order valence-corrected chi connectivity index (χ4v) is 3.13. The second-order valence-corrected chi connectivity index (χ2v) is 6.70. The summed E-state index contributed by atoms with van der Waals surface area (Å²) in [6.07, 6.45) is 0. The first-order chi connectivity index (χ1) is 9.92. The fourth-order valence-electron chi connectivity index (χ4n) is 1.96. The van der Waals surface area contributed by atoms with Gasteiger partial charge in [0.2, 0.25) is 10.0 Å². The zero-order valence-electron chi connectivity index (χ0n) is 12.4. The Morgan fingerprint density at radius 1 is 1.00 bits per heavy atom. The van der Waals surface area contributed by atoms with Gasteiger partial charge in [0.05, 0.1) is 7.11 Å². The van der Waals surface area contributed by atoms with Gasteiger partial charge >= 0.3 is 0 Å². The lowest BCUT2D eigenvalue weighted by atomic mass is 10.2. The van der Waals surface area contributed by atoms with Crippen LogP contribution in [0.5, 0.6) is 5.75 Å². The van der Waals surface area contributed by atoms with E-state index in [1.807, 2.05) is 38.1 Å². The molecule has 0 bridgehead atoms. The van der Waals surface area contributed by atoms with Crippen molar-refractivity contribution in [3.8, 4) is 5.75 Å². The Hall–Kier alpha value is -1.85. The van der Waals surface area contributed by atoms with Crippen LogP contribution in [0, 0.1) is 13.8 Å². The zero-order chi connectivity index (χ0) is 15.5. The Kier molecular flexibility index (Phi) is 4.65. The van der Waals surface area contributed by atoms with Crippen molar-refractivity contribution < 1.29 is 13.2 Å². The van der Waals surface area contributed by atoms with Crippen molar-refractivity contribution >= 4 is 10.0 Å². The van der Waals surface area contributed by atoms with E-state index >= 15 is 0 Å². The molecular formula is C16H19NO3S. The molecule has 0 radical (unpaired) electrons. The summed E-state index contributed by atoms with van der Waals surface area (Å²) in [7, 11) is -2.14. The third kappa shape index (κ3) is 3.83. The number of rotatable bonds is 5. The quantitative estimate of drug-likeness (QED) is 0.924. The summed E-state index contributed by atoms with van der Waals surface area (Å²) in [6, 6.07) is 12.7. The molecule has 0 unspecified atom stereocenters. The van der Waals surface area contributed by atoms with Gasteiger partial charge in [0.25, 0.3) is 0 Å². The van der Waals surface area contributed by atoms with Crippen molar-refractivity contribution in [2.45, 2.75) is 25.3 Å². The maximum Gasteiger partial charge on any atom is 0.244 e. The summed E-state index contributed by atoms with van der Waals surface area (Å²) in [5, 5.41) is 0. The molecule has 1 N–H and O–H groups in total. The summed E-state index contributed by atoms with van der Waals surface area (Å²) in [6.45, 7) is 4.13. The van der Waals surface area contributed by atoms with Crippen LogP contribution in [-0.2, 0) is 16.6 Å². The number of methoxy groups -OCH3 is 1. The van der Waals surface area contributed by atoms with E-state index in [0.29, 0.717) is 5.75 Å². The SMILES string of the molecule is COc1cc(C)ccc1S(=O)(=O)NCc1ccc(C)cc1. The molecule has 0 saturated heterocycles. The molecule has 0 amide bonds. The maximum absolute atomic E-state index is 12.4. The van der Waals surface area contributed by atoms with Gasteiger partial charge < -0.3 is 4.74 Å². The number of hydrogen-bond acceptors (Lipinski definition) is 3. The third-order valence-corrected chi connectivity index (χ3v) is 4.64. The van der Waals surface area contributed by atoms with Crippen LogP contribution < -0.4 is 9.46 Å². The molecule has 0 heterocycles. The largest absolute Gasteiger partial charge is 0.495 e. The van der Waals surface area contributed by atoms with E-state index in [9.17, 15) is 8.42 Å². The van der Waals surface area contributed by atoms with Crippen LogP contribution in [0.2, 0.25) is 0 Å². The van der Waals surface area contributed by atoms with Crippen molar-refractivity contribution in [1.82, 2.24) is 4.72 Å². The standard InChI is InChI=1S/C16H19NO3S/c1-12-4-7-14(8-5-12)11-17-21(18,19)16-9-6-13(2)10-15(16)20-3/h4-10,17H,11H2,1-3H3. The number of aryl methyl sites for hydroxylation is 2. The molecule has 0 aliphatic carbocycles. The van der Waals surface area contributed by atoms with Gasteiger partial charge in [-0.3, -0.25) is 0 Å². The van der Waals surface area contributed by atoms with Gasteiger partial charge in [0.15, 0.2) is 0 Å². The average molecular weight is 305 g/mol. The first-order valence-corrected chi connectivity index (χ1v) is 8.10. The molecule has 2 aromatic carbocycles. The van der Waals surface area contributed by atoms with Gasteiger partial charge in [0, 0.05) is 6.54 Å². The van der Waals surface area contributed by atoms with Crippen LogP contribution in [-0.4, -0.2) is 15.5 Å². The summed E-state index contributed by atoms with van der Waals surface area (Å²) < 4.78 is 32.5. The number of ether oxygens (including phenoxy) is 1. The molecule has 0 saturated carbocycles. The number of nitrogens with one attached hydrogen (secondary N) is 1. The van der Waals surface area contributed by atoms with Gasteiger partial charge in [-0.2, -0.15) is 0 Å². The lowest BCUT2D eigenvalue weighted by Gasteiger charge is -2.11. The number of benzene rings is 2. The molecule has 112 valence electrons. The molecule has 0 fully saturated rings. The highest BCUT2D eigenvalue weighted by molar-refractivity contribution is 7.89. The van der Waals surface area contributed by atoms with Gasteiger partial charge in [0.1, 0.15) is 10.6 Å². The third-order valence-electron chi connectivity index (χ3n) is 3.20. The van der Waals surface area contributed by atoms with Crippen molar-refractivity contribution in [2.24, 2.45) is 0 Å². The minimum absolute atomic E-state index is 0.155. The molecule has 5 heteroatoms. The van der Waals surface area contributed by atoms with E-state index in [1.165, 1.54) is 7.11 Å². The zero-order valence-corrected chi connectivity index (χ0v) is 13.2. The predicted molar refractivity (Wildman–Crippen MR) is 82.9 cm³/mol. The monoisotopic (exact) mass is 305 g/mol. The molecule has 4 nitrogen and oxygen atoms in total. The number of sulfonamides is 1. The van der Waals surface area contributed by atoms with Crippen LogP contribution in [0.3, 0.4) is 0 Å². The predicted octanol–water partition coefficient (Wildman–Crippen LogP) is 2.79. The molecule has 0 aliphatic rings. The molecule has 2 aromatic rings. The van der Waals surface area contributed by atoms with Crippen LogP contribution in [0.25, 0.3) is 0 Å². The topological polar surface area (TPSA) is 55.4 Å². The summed E-state index contributed by atoms with van der Waals surface area (Å²) in [5.74, 6) is 0.353. The Morgan fingerprint density at radius 2 is 1.62 bits per heavy atom. The van der Waals surface area contributed by atoms with E-state index in [4.69, 9.17) is 4.74 Å². The lowest BCUT2D eigenvalue weighted by Crippen LogP contribution is -2.23. The Balaban J connectivity index is 2.20. The first-order valence-electron chi connectivity index (χ1n) is 6.62. The Labute approximate surface area is 125 Å². The molecule has 0 atom stereocenters. The van der Waals surface area contributed by atoms with E-state index in [1.54, 1.807) is 18.2 Å². The molecule has 0 aliphatic heterocycles. The number of hydrogen-bond donors (Lipinski definition) is 1. The Morgan fingerprint density at radius 3 is 2.24 bits per heavy atom. The normalized spacial score (nSPS) is 11.4. The van der Waals surface area contributed by atoms with Crippen LogP contribution >= 0.6 is 0 Å². The smallest absolute Gasteiger partial charge is 0.244 e. The summed E-state index contributed by atoms with van der Waals surface area (Å²) >= 11 is 0. The van der Waals surface area contributed by atoms with Gasteiger partial charge in [-0.25, -0.2) is 13.1 Å². The van der Waals surface area contributed by atoms with Gasteiger partial charge in [-0.15, -0.1) is 0 Å². The molecule has 0 spiro atoms. The van der Waals surface area contributed by atoms with E-state index in [0.717, 1.165) is 16.7 Å². The minimum atomic E-state index is -3.60. The second kappa shape index (κ2) is 6.28. The molecule has 2 rings (SSSR count). The highest BCUT2D eigenvalue weighted by Crippen LogP contribution is 2.24. The van der Waals surface area contributed by atoms with Crippen LogP contribution in [0.1, 0.15) is 16.7 Å². The average Bonchev–Trinajstić information content (AvgIpc) is 2.46. The maximum atomic E-state index is 12.4. The van der Waals surface area contributed by atoms with Crippen molar-refractivity contribution in [3.63, 3.8) is 0 Å². The second-order valence-electron chi connectivity index (χ2n) is 4.96. The van der Waals surface area contributed by atoms with Crippen LogP contribution in [0.15, 0.2) is 47.4 Å². The van der Waals surface area contributed by atoms with Crippen molar-refractivity contribution in [1.29, 1.82) is 0 Å². The highest BCUT2D eigenvalue weighted by atomic mass is 32.2. The fraction of sp³-hybridized carbons (Fsp3) is 0.250. The Bertz CT molecular complexity index is 722. The molecule has 0 aromatic heterocycles. The van der Waals surface area contributed by atoms with Crippen LogP contribution in [0.4, 0.5) is 0 Å². The van der Waals surface area contributed by atoms with E-state index < -0.39 is 10.0 Å². The summed E-state index contributed by atoms with van der Waals surface area (Å²) in [5.41, 5.74) is 3.00. The minimum Gasteiger partial charge on any atom is -0.495 e. The van der Waals surface area contributed by atoms with E-state index in [2.05, 4.69) is 4.72 Å². The van der Waals surface area contributed by atoms with Crippen molar-refractivity contribution in [3.05, 3.63) is 59.2 Å². The van der Waals surface area contributed by atoms with Gasteiger partial charge in [-0.1, -0.05) is 35.9 Å². The first kappa shape index (κ1) is 15.5. The lowest BCUT2D eigenvalue weighted by molar-refractivity contribution is 0.402. The summed E-state index contributed by atoms with van der Waals surface area (Å²) in [4.78, 5) is 0.155. The highest BCUT2D eigenvalue weighted by Gasteiger charge is 2.19. The van der Waals surface area contributed by atoms with Crippen molar-refractivity contribution in [2.75, 3.05) is 7.11 Å². The molecular weight excluding hydrogens is 286 g/mol.